The minimum atomic E-state index is 0.106. The average molecular weight is 193 g/mol. The van der Waals surface area contributed by atoms with Gasteiger partial charge in [-0.05, 0) is 17.0 Å². The summed E-state index contributed by atoms with van der Waals surface area (Å²) in [4.78, 5) is 14.3. The number of aromatic nitrogens is 1. The smallest absolute Gasteiger partial charge is 0.168 e. The number of hydrogen-bond acceptors (Lipinski definition) is 2. The highest BCUT2D eigenvalue weighted by Crippen LogP contribution is 2.20. The van der Waals surface area contributed by atoms with Gasteiger partial charge in [0, 0.05) is 6.20 Å². The van der Waals surface area contributed by atoms with E-state index in [1.165, 1.54) is 0 Å². The molecule has 0 atom stereocenters. The molecule has 0 aliphatic heterocycles. The fraction of sp³-hybridized carbons (Fsp3) is 0.500. The Balaban J connectivity index is 0.000000791. The third kappa shape index (κ3) is 3.69. The van der Waals surface area contributed by atoms with Crippen LogP contribution >= 0.6 is 0 Å². The summed E-state index contributed by atoms with van der Waals surface area (Å²) in [5.74, 6) is 0. The molecular formula is C12H19NO. The number of carbonyl (C=O) groups is 1. The van der Waals surface area contributed by atoms with Gasteiger partial charge in [0.1, 0.15) is 5.69 Å². The molecule has 14 heavy (non-hydrogen) atoms. The molecule has 0 N–H and O–H groups in total. The van der Waals surface area contributed by atoms with Crippen LogP contribution in [0.2, 0.25) is 0 Å². The van der Waals surface area contributed by atoms with Crippen LogP contribution in [0.4, 0.5) is 0 Å². The van der Waals surface area contributed by atoms with Crippen molar-refractivity contribution in [3.8, 4) is 0 Å². The molecular weight excluding hydrogens is 174 g/mol. The third-order valence-corrected chi connectivity index (χ3v) is 1.77. The molecule has 0 spiro atoms. The molecule has 1 rings (SSSR count). The van der Waals surface area contributed by atoms with Gasteiger partial charge in [-0.3, -0.25) is 9.78 Å². The quantitative estimate of drug-likeness (QED) is 0.641. The number of nitrogens with zero attached hydrogens (tertiary/aromatic N) is 1. The molecule has 1 heterocycles. The topological polar surface area (TPSA) is 30.0 Å². The van der Waals surface area contributed by atoms with Crippen molar-refractivity contribution in [2.75, 3.05) is 0 Å². The Morgan fingerprint density at radius 1 is 1.21 bits per heavy atom. The monoisotopic (exact) mass is 193 g/mol. The summed E-state index contributed by atoms with van der Waals surface area (Å²) in [5, 5.41) is 0. The SMILES string of the molecule is CC.CC(C)(C)c1ccc(C=O)nc1. The summed E-state index contributed by atoms with van der Waals surface area (Å²) in [6.45, 7) is 10.3. The summed E-state index contributed by atoms with van der Waals surface area (Å²) in [7, 11) is 0. The predicted octanol–water partition coefficient (Wildman–Crippen LogP) is 3.22. The van der Waals surface area contributed by atoms with Crippen molar-refractivity contribution in [3.63, 3.8) is 0 Å². The maximum absolute atomic E-state index is 10.3. The van der Waals surface area contributed by atoms with Crippen molar-refractivity contribution < 1.29 is 4.79 Å². The summed E-state index contributed by atoms with van der Waals surface area (Å²) < 4.78 is 0. The Morgan fingerprint density at radius 3 is 2.07 bits per heavy atom. The number of rotatable bonds is 1. The molecule has 0 aliphatic carbocycles. The molecule has 0 bridgehead atoms. The molecule has 0 unspecified atom stereocenters. The lowest BCUT2D eigenvalue weighted by Gasteiger charge is -2.17. The van der Waals surface area contributed by atoms with Gasteiger partial charge in [-0.2, -0.15) is 0 Å². The van der Waals surface area contributed by atoms with Crippen molar-refractivity contribution in [2.45, 2.75) is 40.0 Å². The first-order chi connectivity index (χ1) is 6.54. The van der Waals surface area contributed by atoms with Crippen LogP contribution in [0.1, 0.15) is 50.7 Å². The van der Waals surface area contributed by atoms with Gasteiger partial charge in [0.15, 0.2) is 6.29 Å². The van der Waals surface area contributed by atoms with Crippen LogP contribution in [-0.4, -0.2) is 11.3 Å². The highest BCUT2D eigenvalue weighted by molar-refractivity contribution is 5.71. The van der Waals surface area contributed by atoms with E-state index < -0.39 is 0 Å². The van der Waals surface area contributed by atoms with Crippen LogP contribution in [0.3, 0.4) is 0 Å². The minimum Gasteiger partial charge on any atom is -0.296 e. The Kier molecular flexibility index (Phi) is 5.06. The van der Waals surface area contributed by atoms with Gasteiger partial charge >= 0.3 is 0 Å². The van der Waals surface area contributed by atoms with E-state index in [9.17, 15) is 4.79 Å². The zero-order valence-electron chi connectivity index (χ0n) is 9.66. The van der Waals surface area contributed by atoms with Gasteiger partial charge in [0.05, 0.1) is 0 Å². The van der Waals surface area contributed by atoms with E-state index in [2.05, 4.69) is 25.8 Å². The zero-order valence-corrected chi connectivity index (χ0v) is 9.66. The summed E-state index contributed by atoms with van der Waals surface area (Å²) in [5.41, 5.74) is 1.74. The Labute approximate surface area is 86.4 Å². The molecule has 2 nitrogen and oxygen atoms in total. The lowest BCUT2D eigenvalue weighted by molar-refractivity contribution is 0.111. The van der Waals surface area contributed by atoms with Crippen molar-refractivity contribution in [2.24, 2.45) is 0 Å². The molecule has 0 saturated carbocycles. The van der Waals surface area contributed by atoms with Crippen molar-refractivity contribution in [1.82, 2.24) is 4.98 Å². The van der Waals surface area contributed by atoms with E-state index in [0.29, 0.717) is 5.69 Å². The van der Waals surface area contributed by atoms with Crippen LogP contribution < -0.4 is 0 Å². The van der Waals surface area contributed by atoms with Gasteiger partial charge in [0.2, 0.25) is 0 Å². The average Bonchev–Trinajstić information content (AvgIpc) is 2.20. The zero-order chi connectivity index (χ0) is 11.2. The van der Waals surface area contributed by atoms with Gasteiger partial charge in [-0.25, -0.2) is 0 Å². The van der Waals surface area contributed by atoms with Crippen LogP contribution in [0.25, 0.3) is 0 Å². The number of carbonyl (C=O) groups excluding carboxylic acids is 1. The molecule has 0 fully saturated rings. The molecule has 0 amide bonds. The number of pyridine rings is 1. The van der Waals surface area contributed by atoms with Crippen molar-refractivity contribution in [3.05, 3.63) is 29.6 Å². The second-order valence-corrected chi connectivity index (χ2v) is 3.84. The van der Waals surface area contributed by atoms with Gasteiger partial charge < -0.3 is 0 Å². The molecule has 0 radical (unpaired) electrons. The lowest BCUT2D eigenvalue weighted by Crippen LogP contribution is -2.11. The van der Waals surface area contributed by atoms with Gasteiger partial charge in [-0.15, -0.1) is 0 Å². The van der Waals surface area contributed by atoms with E-state index >= 15 is 0 Å². The fourth-order valence-corrected chi connectivity index (χ4v) is 0.919. The Morgan fingerprint density at radius 2 is 1.79 bits per heavy atom. The van der Waals surface area contributed by atoms with Crippen LogP contribution in [0, 0.1) is 0 Å². The van der Waals surface area contributed by atoms with E-state index in [4.69, 9.17) is 0 Å². The molecule has 1 aromatic rings. The fourth-order valence-electron chi connectivity index (χ4n) is 0.919. The van der Waals surface area contributed by atoms with Crippen molar-refractivity contribution >= 4 is 6.29 Å². The van der Waals surface area contributed by atoms with E-state index in [1.54, 1.807) is 12.3 Å². The maximum atomic E-state index is 10.3. The van der Waals surface area contributed by atoms with Crippen LogP contribution in [-0.2, 0) is 5.41 Å². The second kappa shape index (κ2) is 5.53. The second-order valence-electron chi connectivity index (χ2n) is 3.84. The third-order valence-electron chi connectivity index (χ3n) is 1.77. The molecule has 0 saturated heterocycles. The van der Waals surface area contributed by atoms with Crippen molar-refractivity contribution in [1.29, 1.82) is 0 Å². The summed E-state index contributed by atoms with van der Waals surface area (Å²) in [6, 6.07) is 3.68. The normalized spacial score (nSPS) is 10.1. The maximum Gasteiger partial charge on any atom is 0.168 e. The summed E-state index contributed by atoms with van der Waals surface area (Å²) in [6.07, 6.45) is 2.51. The van der Waals surface area contributed by atoms with E-state index in [-0.39, 0.29) is 5.41 Å². The number of hydrogen-bond donors (Lipinski definition) is 0. The highest BCUT2D eigenvalue weighted by Gasteiger charge is 2.13. The standard InChI is InChI=1S/C10H13NO.C2H6/c1-10(2,3)8-4-5-9(7-12)11-6-8;1-2/h4-7H,1-3H3;1-2H3. The first kappa shape index (κ1) is 12.8. The molecule has 78 valence electrons. The molecule has 1 aromatic heterocycles. The van der Waals surface area contributed by atoms with Gasteiger partial charge in [-0.1, -0.05) is 40.7 Å². The largest absolute Gasteiger partial charge is 0.296 e. The summed E-state index contributed by atoms with van der Waals surface area (Å²) >= 11 is 0. The van der Waals surface area contributed by atoms with Crippen LogP contribution in [0.5, 0.6) is 0 Å². The Bertz CT molecular complexity index is 269. The predicted molar refractivity (Wildman–Crippen MR) is 59.7 cm³/mol. The first-order valence-electron chi connectivity index (χ1n) is 4.96. The first-order valence-corrected chi connectivity index (χ1v) is 4.96. The molecule has 0 aliphatic rings. The van der Waals surface area contributed by atoms with Gasteiger partial charge in [0.25, 0.3) is 0 Å². The molecule has 0 aromatic carbocycles. The van der Waals surface area contributed by atoms with E-state index in [0.717, 1.165) is 11.8 Å². The Hall–Kier alpha value is -1.18. The lowest BCUT2D eigenvalue weighted by atomic mass is 9.88. The van der Waals surface area contributed by atoms with E-state index in [1.807, 2.05) is 19.9 Å². The minimum absolute atomic E-state index is 0.106. The van der Waals surface area contributed by atoms with Crippen LogP contribution in [0.15, 0.2) is 18.3 Å². The number of aldehydes is 1. The molecule has 2 heteroatoms. The highest BCUT2D eigenvalue weighted by atomic mass is 16.1.